The van der Waals surface area contributed by atoms with E-state index in [1.165, 1.54) is 6.07 Å². The molecule has 3 aromatic heterocycles. The maximum Gasteiger partial charge on any atom is 0.131 e. The molecular weight excluding hydrogens is 437 g/mol. The summed E-state index contributed by atoms with van der Waals surface area (Å²) in [5.41, 5.74) is 7.59. The highest BCUT2D eigenvalue weighted by atomic mass is 32.1. The lowest BCUT2D eigenvalue weighted by molar-refractivity contribution is 0.416. The highest BCUT2D eigenvalue weighted by molar-refractivity contribution is 7.07. The molecule has 0 atom stereocenters. The first kappa shape index (κ1) is 21.1. The Morgan fingerprint density at radius 2 is 1.79 bits per heavy atom. The van der Waals surface area contributed by atoms with E-state index in [4.69, 9.17) is 4.74 Å². The van der Waals surface area contributed by atoms with Crippen LogP contribution in [0.3, 0.4) is 0 Å². The zero-order valence-electron chi connectivity index (χ0n) is 18.2. The third kappa shape index (κ3) is 4.29. The molecule has 3 heterocycles. The van der Waals surface area contributed by atoms with Crippen LogP contribution in [0.4, 0.5) is 10.2 Å². The molecule has 6 nitrogen and oxygen atoms in total. The van der Waals surface area contributed by atoms with Crippen LogP contribution in [0.1, 0.15) is 5.69 Å². The second-order valence-corrected chi connectivity index (χ2v) is 8.36. The Balaban J connectivity index is 1.30. The van der Waals surface area contributed by atoms with E-state index in [9.17, 15) is 4.39 Å². The van der Waals surface area contributed by atoms with E-state index < -0.39 is 0 Å². The molecule has 0 bridgehead atoms. The molecular formula is C25H22FN5OS. The number of hydrogen-bond acceptors (Lipinski definition) is 6. The molecule has 0 aliphatic heterocycles. The van der Waals surface area contributed by atoms with E-state index in [0.717, 1.165) is 44.9 Å². The average Bonchev–Trinajstić information content (AvgIpc) is 3.48. The van der Waals surface area contributed by atoms with Gasteiger partial charge in [0, 0.05) is 52.8 Å². The van der Waals surface area contributed by atoms with Gasteiger partial charge in [0.05, 0.1) is 29.5 Å². The molecule has 5 aromatic rings. The Morgan fingerprint density at radius 3 is 2.52 bits per heavy atom. The highest BCUT2D eigenvalue weighted by Gasteiger charge is 2.12. The van der Waals surface area contributed by atoms with Crippen LogP contribution in [-0.2, 0) is 6.54 Å². The number of methoxy groups -OCH3 is 1. The number of benzene rings is 2. The summed E-state index contributed by atoms with van der Waals surface area (Å²) in [6.45, 7) is 3.29. The second-order valence-electron chi connectivity index (χ2n) is 7.64. The predicted octanol–water partition coefficient (Wildman–Crippen LogP) is 5.79. The van der Waals surface area contributed by atoms with Gasteiger partial charge in [-0.15, -0.1) is 11.3 Å². The first-order valence-corrected chi connectivity index (χ1v) is 11.4. The van der Waals surface area contributed by atoms with E-state index in [-0.39, 0.29) is 5.82 Å². The molecule has 0 fully saturated rings. The van der Waals surface area contributed by atoms with Crippen molar-refractivity contribution in [2.75, 3.05) is 19.0 Å². The Bertz CT molecular complexity index is 1400. The van der Waals surface area contributed by atoms with E-state index in [1.54, 1.807) is 30.8 Å². The van der Waals surface area contributed by atoms with E-state index in [2.05, 4.69) is 24.8 Å². The maximum atomic E-state index is 14.0. The highest BCUT2D eigenvalue weighted by Crippen LogP contribution is 2.30. The first-order chi connectivity index (χ1) is 16.1. The van der Waals surface area contributed by atoms with Crippen molar-refractivity contribution in [3.63, 3.8) is 0 Å². The third-order valence-corrected chi connectivity index (χ3v) is 6.18. The Hall–Kier alpha value is -3.78. The minimum atomic E-state index is -0.312. The number of fused-ring (bicyclic) bond motifs is 1. The van der Waals surface area contributed by atoms with Crippen LogP contribution in [0.2, 0.25) is 0 Å². The largest absolute Gasteiger partial charge is 0.496 e. The number of nitrogens with zero attached hydrogens (tertiary/aromatic N) is 4. The van der Waals surface area contributed by atoms with Crippen LogP contribution in [0.5, 0.6) is 5.75 Å². The van der Waals surface area contributed by atoms with Crippen molar-refractivity contribution in [3.05, 3.63) is 77.3 Å². The monoisotopic (exact) mass is 459 g/mol. The van der Waals surface area contributed by atoms with Crippen molar-refractivity contribution in [1.82, 2.24) is 19.5 Å². The van der Waals surface area contributed by atoms with E-state index in [1.807, 2.05) is 54.2 Å². The summed E-state index contributed by atoms with van der Waals surface area (Å²) in [6.07, 6.45) is 1.56. The Labute approximate surface area is 194 Å². The summed E-state index contributed by atoms with van der Waals surface area (Å²) in [5, 5.41) is 6.29. The van der Waals surface area contributed by atoms with Crippen molar-refractivity contribution in [1.29, 1.82) is 0 Å². The summed E-state index contributed by atoms with van der Waals surface area (Å²) < 4.78 is 21.5. The topological polar surface area (TPSA) is 64.9 Å². The van der Waals surface area contributed by atoms with Crippen LogP contribution in [0.25, 0.3) is 33.4 Å². The molecule has 0 aliphatic rings. The quantitative estimate of drug-likeness (QED) is 0.334. The summed E-state index contributed by atoms with van der Waals surface area (Å²) in [6, 6.07) is 15.1. The zero-order valence-corrected chi connectivity index (χ0v) is 19.1. The van der Waals surface area contributed by atoms with Crippen molar-refractivity contribution in [3.8, 4) is 28.3 Å². The molecule has 0 saturated heterocycles. The van der Waals surface area contributed by atoms with Gasteiger partial charge in [-0.05, 0) is 19.1 Å². The maximum absolute atomic E-state index is 14.0. The average molecular weight is 460 g/mol. The molecule has 33 heavy (non-hydrogen) atoms. The van der Waals surface area contributed by atoms with Crippen LogP contribution in [0, 0.1) is 12.7 Å². The Morgan fingerprint density at radius 1 is 1.00 bits per heavy atom. The lowest BCUT2D eigenvalue weighted by atomic mass is 10.1. The fourth-order valence-corrected chi connectivity index (χ4v) is 4.53. The van der Waals surface area contributed by atoms with Gasteiger partial charge in [-0.25, -0.2) is 19.3 Å². The van der Waals surface area contributed by atoms with Crippen LogP contribution in [0.15, 0.2) is 65.7 Å². The number of ether oxygens (including phenoxy) is 1. The molecule has 0 saturated carbocycles. The molecule has 0 spiro atoms. The number of nitrogens with one attached hydrogen (secondary N) is 1. The summed E-state index contributed by atoms with van der Waals surface area (Å²) in [7, 11) is 1.56. The molecule has 0 radical (unpaired) electrons. The number of thiazole rings is 1. The summed E-state index contributed by atoms with van der Waals surface area (Å²) in [5.74, 6) is 0.968. The SMILES string of the molecule is COc1cc(F)cc2c1cc(C)n2CCNc1cc(-c2ccc(-c3cscn3)cc2)ncn1. The van der Waals surface area contributed by atoms with Gasteiger partial charge in [-0.3, -0.25) is 0 Å². The van der Waals surface area contributed by atoms with E-state index >= 15 is 0 Å². The molecule has 0 unspecified atom stereocenters. The van der Waals surface area contributed by atoms with Gasteiger partial charge in [0.25, 0.3) is 0 Å². The lowest BCUT2D eigenvalue weighted by Gasteiger charge is -2.11. The molecule has 0 amide bonds. The fourth-order valence-electron chi connectivity index (χ4n) is 3.96. The summed E-state index contributed by atoms with van der Waals surface area (Å²) >= 11 is 1.58. The minimum Gasteiger partial charge on any atom is -0.496 e. The van der Waals surface area contributed by atoms with Crippen LogP contribution < -0.4 is 10.1 Å². The Kier molecular flexibility index (Phi) is 5.75. The summed E-state index contributed by atoms with van der Waals surface area (Å²) in [4.78, 5) is 13.1. The molecule has 5 rings (SSSR count). The number of hydrogen-bond donors (Lipinski definition) is 1. The van der Waals surface area contributed by atoms with Crippen LogP contribution >= 0.6 is 11.3 Å². The number of rotatable bonds is 7. The van der Waals surface area contributed by atoms with Gasteiger partial charge >= 0.3 is 0 Å². The van der Waals surface area contributed by atoms with Gasteiger partial charge < -0.3 is 14.6 Å². The zero-order chi connectivity index (χ0) is 22.8. The second kappa shape index (κ2) is 8.99. The minimum absolute atomic E-state index is 0.312. The van der Waals surface area contributed by atoms with E-state index in [0.29, 0.717) is 18.8 Å². The standard InChI is InChI=1S/C25H22FN5OS/c1-16-9-20-23(10-19(26)11-24(20)32-2)31(16)8-7-27-25-12-21(28-14-29-25)17-3-5-18(6-4-17)22-13-33-15-30-22/h3-6,9-15H,7-8H2,1-2H3,(H,27,28,29). The molecule has 1 N–H and O–H groups in total. The first-order valence-electron chi connectivity index (χ1n) is 10.5. The molecule has 166 valence electrons. The molecule has 0 aliphatic carbocycles. The molecule has 2 aromatic carbocycles. The lowest BCUT2D eigenvalue weighted by Crippen LogP contribution is -2.12. The van der Waals surface area contributed by atoms with Gasteiger partial charge in [0.1, 0.15) is 23.7 Å². The number of aromatic nitrogens is 4. The fraction of sp³-hybridized carbons (Fsp3) is 0.160. The van der Waals surface area contributed by atoms with Gasteiger partial charge in [-0.2, -0.15) is 0 Å². The number of anilines is 1. The number of halogens is 1. The molecule has 8 heteroatoms. The normalized spacial score (nSPS) is 11.1. The third-order valence-electron chi connectivity index (χ3n) is 5.59. The van der Waals surface area contributed by atoms with Crippen LogP contribution in [-0.4, -0.2) is 33.2 Å². The predicted molar refractivity (Wildman–Crippen MR) is 130 cm³/mol. The van der Waals surface area contributed by atoms with Gasteiger partial charge in [0.15, 0.2) is 0 Å². The van der Waals surface area contributed by atoms with Crippen molar-refractivity contribution >= 4 is 28.1 Å². The van der Waals surface area contributed by atoms with Crippen molar-refractivity contribution in [2.24, 2.45) is 0 Å². The van der Waals surface area contributed by atoms with Gasteiger partial charge in [0.2, 0.25) is 0 Å². The van der Waals surface area contributed by atoms with Crippen molar-refractivity contribution in [2.45, 2.75) is 13.5 Å². The van der Waals surface area contributed by atoms with Gasteiger partial charge in [-0.1, -0.05) is 24.3 Å². The number of aryl methyl sites for hydroxylation is 1. The van der Waals surface area contributed by atoms with Crippen molar-refractivity contribution < 1.29 is 9.13 Å². The smallest absolute Gasteiger partial charge is 0.131 e.